The maximum absolute atomic E-state index is 12.0. The molecule has 122 valence electrons. The van der Waals surface area contributed by atoms with Gasteiger partial charge in [0.05, 0.1) is 0 Å². The molecule has 0 N–H and O–H groups in total. The molecule has 2 aromatic carbocycles. The molecule has 1 aliphatic rings. The Kier molecular flexibility index (Phi) is 4.60. The van der Waals surface area contributed by atoms with E-state index < -0.39 is 5.97 Å². The van der Waals surface area contributed by atoms with Gasteiger partial charge in [-0.3, -0.25) is 0 Å². The third-order valence-corrected chi connectivity index (χ3v) is 4.07. The van der Waals surface area contributed by atoms with Gasteiger partial charge in [-0.2, -0.15) is 0 Å². The molecule has 24 heavy (non-hydrogen) atoms. The Balaban J connectivity index is 1.91. The summed E-state index contributed by atoms with van der Waals surface area (Å²) in [5.41, 5.74) is 2.64. The number of halogens is 2. The normalized spacial score (nSPS) is 15.4. The second kappa shape index (κ2) is 6.67. The molecule has 0 bridgehead atoms. The molecule has 0 saturated heterocycles. The van der Waals surface area contributed by atoms with Crippen LogP contribution >= 0.6 is 23.2 Å². The summed E-state index contributed by atoms with van der Waals surface area (Å²) < 4.78 is 5.26. The van der Waals surface area contributed by atoms with E-state index >= 15 is 0 Å². The molecule has 1 aliphatic heterocycles. The highest BCUT2D eigenvalue weighted by Gasteiger charge is 2.24. The summed E-state index contributed by atoms with van der Waals surface area (Å²) in [5, 5.41) is 0.975. The van der Waals surface area contributed by atoms with Crippen molar-refractivity contribution in [3.63, 3.8) is 0 Å². The zero-order chi connectivity index (χ0) is 17.3. The lowest BCUT2D eigenvalue weighted by Gasteiger charge is -2.12. The number of cyclic esters (lactones) is 1. The number of hydrogen-bond donors (Lipinski definition) is 0. The van der Waals surface area contributed by atoms with Gasteiger partial charge >= 0.3 is 5.97 Å². The van der Waals surface area contributed by atoms with Crippen molar-refractivity contribution < 1.29 is 9.53 Å². The van der Waals surface area contributed by atoms with Crippen LogP contribution in [-0.2, 0) is 9.53 Å². The van der Waals surface area contributed by atoms with Crippen molar-refractivity contribution in [3.05, 3.63) is 69.3 Å². The Hall–Kier alpha value is -2.30. The SMILES string of the molecule is CN(C)c1ccc(C2=N/C(=C\c3ccc(Cl)cc3Cl)C(=O)O2)cc1. The molecule has 0 saturated carbocycles. The quantitative estimate of drug-likeness (QED) is 0.601. The molecule has 0 aromatic heterocycles. The van der Waals surface area contributed by atoms with Gasteiger partial charge in [-0.1, -0.05) is 29.3 Å². The van der Waals surface area contributed by atoms with Crippen LogP contribution in [0, 0.1) is 0 Å². The Labute approximate surface area is 150 Å². The highest BCUT2D eigenvalue weighted by molar-refractivity contribution is 6.35. The van der Waals surface area contributed by atoms with Crippen molar-refractivity contribution >= 4 is 46.8 Å². The number of ether oxygens (including phenoxy) is 1. The van der Waals surface area contributed by atoms with Crippen LogP contribution in [0.5, 0.6) is 0 Å². The van der Waals surface area contributed by atoms with E-state index in [1.807, 2.05) is 43.3 Å². The van der Waals surface area contributed by atoms with Gasteiger partial charge in [0, 0.05) is 35.4 Å². The molecule has 0 spiro atoms. The predicted molar refractivity (Wildman–Crippen MR) is 97.8 cm³/mol. The summed E-state index contributed by atoms with van der Waals surface area (Å²) >= 11 is 12.0. The molecule has 3 rings (SSSR count). The average Bonchev–Trinajstić information content (AvgIpc) is 2.91. The molecule has 0 radical (unpaired) electrons. The molecule has 0 unspecified atom stereocenters. The Morgan fingerprint density at radius 1 is 1.08 bits per heavy atom. The first-order valence-electron chi connectivity index (χ1n) is 7.19. The molecular formula is C18H14Cl2N2O2. The van der Waals surface area contributed by atoms with Crippen LogP contribution in [0.1, 0.15) is 11.1 Å². The lowest BCUT2D eigenvalue weighted by Crippen LogP contribution is -2.09. The molecule has 6 heteroatoms. The monoisotopic (exact) mass is 360 g/mol. The number of esters is 1. The summed E-state index contributed by atoms with van der Waals surface area (Å²) in [6.45, 7) is 0. The maximum atomic E-state index is 12.0. The van der Waals surface area contributed by atoms with Crippen LogP contribution in [0.2, 0.25) is 10.0 Å². The van der Waals surface area contributed by atoms with Gasteiger partial charge in [0.1, 0.15) is 0 Å². The van der Waals surface area contributed by atoms with Crippen molar-refractivity contribution in [3.8, 4) is 0 Å². The summed E-state index contributed by atoms with van der Waals surface area (Å²) in [6.07, 6.45) is 1.59. The average molecular weight is 361 g/mol. The number of aliphatic imine (C=N–C) groups is 1. The highest BCUT2D eigenvalue weighted by atomic mass is 35.5. The molecule has 1 heterocycles. The third-order valence-electron chi connectivity index (χ3n) is 3.51. The van der Waals surface area contributed by atoms with Gasteiger partial charge in [-0.25, -0.2) is 9.79 Å². The van der Waals surface area contributed by atoms with E-state index in [4.69, 9.17) is 27.9 Å². The number of benzene rings is 2. The number of carbonyl (C=O) groups excluding carboxylic acids is 1. The van der Waals surface area contributed by atoms with Crippen LogP contribution in [-0.4, -0.2) is 26.0 Å². The Bertz CT molecular complexity index is 856. The number of hydrogen-bond acceptors (Lipinski definition) is 4. The zero-order valence-electron chi connectivity index (χ0n) is 13.1. The van der Waals surface area contributed by atoms with E-state index in [-0.39, 0.29) is 11.6 Å². The molecular weight excluding hydrogens is 347 g/mol. The van der Waals surface area contributed by atoms with Crippen molar-refractivity contribution in [1.29, 1.82) is 0 Å². The molecule has 0 atom stereocenters. The van der Waals surface area contributed by atoms with Crippen molar-refractivity contribution in [2.24, 2.45) is 4.99 Å². The lowest BCUT2D eigenvalue weighted by molar-refractivity contribution is -0.129. The number of carbonyl (C=O) groups is 1. The molecule has 0 aliphatic carbocycles. The molecule has 0 amide bonds. The smallest absolute Gasteiger partial charge is 0.363 e. The Morgan fingerprint density at radius 2 is 1.79 bits per heavy atom. The van der Waals surface area contributed by atoms with Crippen molar-refractivity contribution in [2.45, 2.75) is 0 Å². The first-order valence-corrected chi connectivity index (χ1v) is 7.95. The van der Waals surface area contributed by atoms with Crippen LogP contribution < -0.4 is 4.90 Å². The fourth-order valence-electron chi connectivity index (χ4n) is 2.20. The first-order chi connectivity index (χ1) is 11.4. The van der Waals surface area contributed by atoms with E-state index in [1.54, 1.807) is 24.3 Å². The number of rotatable bonds is 3. The van der Waals surface area contributed by atoms with Crippen LogP contribution in [0.4, 0.5) is 5.69 Å². The largest absolute Gasteiger partial charge is 0.402 e. The number of anilines is 1. The van der Waals surface area contributed by atoms with Crippen molar-refractivity contribution in [2.75, 3.05) is 19.0 Å². The van der Waals surface area contributed by atoms with Gasteiger partial charge in [0.2, 0.25) is 5.90 Å². The summed E-state index contributed by atoms with van der Waals surface area (Å²) in [7, 11) is 3.91. The standard InChI is InChI=1S/C18H14Cl2N2O2/c1-22(2)14-7-4-11(5-8-14)17-21-16(18(23)24-17)9-12-3-6-13(19)10-15(12)20/h3-10H,1-2H3/b16-9-. The van der Waals surface area contributed by atoms with Crippen LogP contribution in [0.3, 0.4) is 0 Å². The second-order valence-electron chi connectivity index (χ2n) is 5.44. The predicted octanol–water partition coefficient (Wildman–Crippen LogP) is 4.40. The van der Waals surface area contributed by atoms with Crippen molar-refractivity contribution in [1.82, 2.24) is 0 Å². The molecule has 0 fully saturated rings. The van der Waals surface area contributed by atoms with E-state index in [2.05, 4.69) is 4.99 Å². The van der Waals surface area contributed by atoms with Crippen LogP contribution in [0.25, 0.3) is 6.08 Å². The first kappa shape index (κ1) is 16.6. The van der Waals surface area contributed by atoms with E-state index in [0.29, 0.717) is 15.6 Å². The third kappa shape index (κ3) is 3.45. The fourth-order valence-corrected chi connectivity index (χ4v) is 2.66. The minimum atomic E-state index is -0.507. The van der Waals surface area contributed by atoms with Gasteiger partial charge in [-0.05, 0) is 48.0 Å². The van der Waals surface area contributed by atoms with Crippen LogP contribution in [0.15, 0.2) is 53.2 Å². The summed E-state index contributed by atoms with van der Waals surface area (Å²) in [5.74, 6) is -0.227. The van der Waals surface area contributed by atoms with E-state index in [9.17, 15) is 4.79 Å². The number of nitrogens with zero attached hydrogens (tertiary/aromatic N) is 2. The summed E-state index contributed by atoms with van der Waals surface area (Å²) in [4.78, 5) is 18.3. The summed E-state index contributed by atoms with van der Waals surface area (Å²) in [6, 6.07) is 12.6. The highest BCUT2D eigenvalue weighted by Crippen LogP contribution is 2.26. The topological polar surface area (TPSA) is 41.9 Å². The fraction of sp³-hybridized carbons (Fsp3) is 0.111. The van der Waals surface area contributed by atoms with E-state index in [1.165, 1.54) is 0 Å². The molecule has 4 nitrogen and oxygen atoms in total. The van der Waals surface area contributed by atoms with Gasteiger partial charge in [-0.15, -0.1) is 0 Å². The van der Waals surface area contributed by atoms with Gasteiger partial charge < -0.3 is 9.64 Å². The second-order valence-corrected chi connectivity index (χ2v) is 6.29. The van der Waals surface area contributed by atoms with E-state index in [0.717, 1.165) is 11.3 Å². The Morgan fingerprint density at radius 3 is 2.42 bits per heavy atom. The maximum Gasteiger partial charge on any atom is 0.363 e. The lowest BCUT2D eigenvalue weighted by atomic mass is 10.2. The van der Waals surface area contributed by atoms with Gasteiger partial charge in [0.25, 0.3) is 0 Å². The molecule has 2 aromatic rings. The minimum Gasteiger partial charge on any atom is -0.402 e. The minimum absolute atomic E-state index is 0.200. The van der Waals surface area contributed by atoms with Gasteiger partial charge in [0.15, 0.2) is 5.70 Å². The zero-order valence-corrected chi connectivity index (χ0v) is 14.6.